The van der Waals surface area contributed by atoms with Crippen LogP contribution in [0, 0.1) is 6.92 Å². The number of carboxylic acids is 1. The standard InChI is InChI=1S/C32H38N4O7/c1-20-8-6-7-9-24(20)35-31(41)33-22-11-13-23(14-12-22)36-32(2,3)28(37)16-17-29(38)34-25(19-30(39)40)21-10-15-26(42-4)27(18-21)43-5/h6-15,18,25,36H,16-17,19H2,1-5H3,(H,34,38)(H,39,40)(H2,33,35,41)/t25-/m0/s1. The van der Waals surface area contributed by atoms with Crippen molar-refractivity contribution in [3.8, 4) is 11.5 Å². The Kier molecular flexibility index (Phi) is 11.1. The number of ketones is 1. The Morgan fingerprint density at radius 3 is 2.12 bits per heavy atom. The molecule has 0 spiro atoms. The summed E-state index contributed by atoms with van der Waals surface area (Å²) in [6, 6.07) is 18.1. The lowest BCUT2D eigenvalue weighted by Crippen LogP contribution is -2.41. The van der Waals surface area contributed by atoms with Gasteiger partial charge in [-0.1, -0.05) is 24.3 Å². The van der Waals surface area contributed by atoms with Crippen molar-refractivity contribution in [2.75, 3.05) is 30.2 Å². The summed E-state index contributed by atoms with van der Waals surface area (Å²) < 4.78 is 10.5. The zero-order valence-corrected chi connectivity index (χ0v) is 24.9. The highest BCUT2D eigenvalue weighted by Gasteiger charge is 2.28. The maximum absolute atomic E-state index is 13.0. The van der Waals surface area contributed by atoms with Gasteiger partial charge in [-0.3, -0.25) is 14.4 Å². The molecule has 0 aliphatic carbocycles. The molecule has 11 nitrogen and oxygen atoms in total. The van der Waals surface area contributed by atoms with Gasteiger partial charge in [-0.25, -0.2) is 4.79 Å². The Balaban J connectivity index is 1.54. The fourth-order valence-corrected chi connectivity index (χ4v) is 4.37. The number of ether oxygens (including phenoxy) is 2. The second kappa shape index (κ2) is 14.7. The largest absolute Gasteiger partial charge is 0.493 e. The minimum Gasteiger partial charge on any atom is -0.493 e. The molecule has 0 aliphatic rings. The van der Waals surface area contributed by atoms with Gasteiger partial charge in [-0.2, -0.15) is 0 Å². The normalized spacial score (nSPS) is 11.6. The molecule has 1 atom stereocenters. The third kappa shape index (κ3) is 9.49. The van der Waals surface area contributed by atoms with Crippen molar-refractivity contribution in [3.63, 3.8) is 0 Å². The van der Waals surface area contributed by atoms with Crippen LogP contribution < -0.4 is 30.7 Å². The fraction of sp³-hybridized carbons (Fsp3) is 0.312. The summed E-state index contributed by atoms with van der Waals surface area (Å²) in [5, 5.41) is 20.9. The van der Waals surface area contributed by atoms with Crippen LogP contribution >= 0.6 is 0 Å². The highest BCUT2D eigenvalue weighted by Crippen LogP contribution is 2.31. The number of nitrogens with one attached hydrogen (secondary N) is 4. The number of carbonyl (C=O) groups is 4. The molecule has 0 fully saturated rings. The maximum atomic E-state index is 13.0. The average Bonchev–Trinajstić information content (AvgIpc) is 2.97. The lowest BCUT2D eigenvalue weighted by molar-refractivity contribution is -0.138. The third-order valence-corrected chi connectivity index (χ3v) is 6.79. The van der Waals surface area contributed by atoms with Crippen LogP contribution in [0.25, 0.3) is 0 Å². The molecule has 0 heterocycles. The molecule has 3 aromatic rings. The van der Waals surface area contributed by atoms with Gasteiger partial charge in [-0.15, -0.1) is 0 Å². The molecule has 3 amide bonds. The summed E-state index contributed by atoms with van der Waals surface area (Å²) in [5.41, 5.74) is 2.42. The molecular formula is C32H38N4O7. The van der Waals surface area contributed by atoms with Crippen molar-refractivity contribution in [2.24, 2.45) is 0 Å². The number of benzene rings is 3. The van der Waals surface area contributed by atoms with Gasteiger partial charge in [0.05, 0.1) is 32.2 Å². The van der Waals surface area contributed by atoms with Crippen molar-refractivity contribution < 1.29 is 33.8 Å². The van der Waals surface area contributed by atoms with Crippen molar-refractivity contribution in [1.29, 1.82) is 0 Å². The Morgan fingerprint density at radius 2 is 1.49 bits per heavy atom. The number of methoxy groups -OCH3 is 2. The molecule has 0 saturated heterocycles. The molecular weight excluding hydrogens is 552 g/mol. The van der Waals surface area contributed by atoms with Gasteiger partial charge in [0.2, 0.25) is 5.91 Å². The molecule has 5 N–H and O–H groups in total. The van der Waals surface area contributed by atoms with Crippen LogP contribution in [0.15, 0.2) is 66.7 Å². The van der Waals surface area contributed by atoms with Crippen molar-refractivity contribution in [2.45, 2.75) is 51.6 Å². The van der Waals surface area contributed by atoms with Crippen LogP contribution in [0.2, 0.25) is 0 Å². The number of urea groups is 1. The summed E-state index contributed by atoms with van der Waals surface area (Å²) in [5.74, 6) is -0.869. The first-order valence-electron chi connectivity index (χ1n) is 13.7. The average molecular weight is 591 g/mol. The number of rotatable bonds is 14. The topological polar surface area (TPSA) is 155 Å². The van der Waals surface area contributed by atoms with E-state index in [2.05, 4.69) is 21.3 Å². The summed E-state index contributed by atoms with van der Waals surface area (Å²) in [6.45, 7) is 5.33. The van der Waals surface area contributed by atoms with Gasteiger partial charge in [0, 0.05) is 29.9 Å². The molecule has 0 bridgehead atoms. The number of anilines is 3. The molecule has 0 saturated carbocycles. The van der Waals surface area contributed by atoms with E-state index in [1.807, 2.05) is 31.2 Å². The molecule has 43 heavy (non-hydrogen) atoms. The predicted octanol–water partition coefficient (Wildman–Crippen LogP) is 5.53. The van der Waals surface area contributed by atoms with E-state index in [0.717, 1.165) is 5.56 Å². The monoisotopic (exact) mass is 590 g/mol. The summed E-state index contributed by atoms with van der Waals surface area (Å²) in [7, 11) is 2.95. The second-order valence-electron chi connectivity index (χ2n) is 10.5. The number of para-hydroxylation sites is 1. The van der Waals surface area contributed by atoms with Crippen LogP contribution in [0.4, 0.5) is 21.9 Å². The van der Waals surface area contributed by atoms with E-state index in [4.69, 9.17) is 9.47 Å². The van der Waals surface area contributed by atoms with Gasteiger partial charge < -0.3 is 35.8 Å². The molecule has 0 aromatic heterocycles. The Bertz CT molecular complexity index is 1450. The highest BCUT2D eigenvalue weighted by molar-refractivity contribution is 6.00. The molecule has 3 aromatic carbocycles. The molecule has 11 heteroatoms. The molecule has 3 rings (SSSR count). The van der Waals surface area contributed by atoms with Crippen molar-refractivity contribution >= 4 is 40.8 Å². The predicted molar refractivity (Wildman–Crippen MR) is 165 cm³/mol. The number of carboxylic acid groups (broad SMARTS) is 1. The number of hydrogen-bond donors (Lipinski definition) is 5. The van der Waals surface area contributed by atoms with Crippen molar-refractivity contribution in [3.05, 3.63) is 77.9 Å². The van der Waals surface area contributed by atoms with Crippen LogP contribution in [0.3, 0.4) is 0 Å². The number of aryl methyl sites for hydroxylation is 1. The molecule has 0 unspecified atom stereocenters. The Morgan fingerprint density at radius 1 is 0.837 bits per heavy atom. The minimum atomic E-state index is -1.09. The highest BCUT2D eigenvalue weighted by atomic mass is 16.5. The summed E-state index contributed by atoms with van der Waals surface area (Å²) in [6.07, 6.45) is -0.525. The summed E-state index contributed by atoms with van der Waals surface area (Å²) >= 11 is 0. The van der Waals surface area contributed by atoms with Crippen LogP contribution in [-0.4, -0.2) is 48.6 Å². The van der Waals surface area contributed by atoms with E-state index < -0.39 is 23.5 Å². The molecule has 228 valence electrons. The lowest BCUT2D eigenvalue weighted by atomic mass is 9.94. The fourth-order valence-electron chi connectivity index (χ4n) is 4.37. The number of hydrogen-bond acceptors (Lipinski definition) is 7. The zero-order chi connectivity index (χ0) is 31.6. The van der Waals surface area contributed by atoms with E-state index in [1.54, 1.807) is 56.3 Å². The Labute approximate surface area is 251 Å². The second-order valence-corrected chi connectivity index (χ2v) is 10.5. The van der Waals surface area contributed by atoms with Crippen molar-refractivity contribution in [1.82, 2.24) is 5.32 Å². The van der Waals surface area contributed by atoms with E-state index in [1.165, 1.54) is 14.2 Å². The quantitative estimate of drug-likeness (QED) is 0.164. The number of Topliss-reactive ketones (excluding diaryl/α,β-unsaturated/α-hetero) is 1. The van der Waals surface area contributed by atoms with Gasteiger partial charge in [0.15, 0.2) is 17.3 Å². The number of aliphatic carboxylic acids is 1. The first kappa shape index (κ1) is 32.5. The van der Waals surface area contributed by atoms with Crippen LogP contribution in [0.1, 0.15) is 50.3 Å². The number of amides is 3. The zero-order valence-electron chi connectivity index (χ0n) is 24.9. The third-order valence-electron chi connectivity index (χ3n) is 6.79. The van der Waals surface area contributed by atoms with Crippen LogP contribution in [-0.2, 0) is 14.4 Å². The van der Waals surface area contributed by atoms with E-state index >= 15 is 0 Å². The first-order chi connectivity index (χ1) is 20.4. The van der Waals surface area contributed by atoms with E-state index in [-0.39, 0.29) is 31.1 Å². The smallest absolute Gasteiger partial charge is 0.323 e. The summed E-state index contributed by atoms with van der Waals surface area (Å²) in [4.78, 5) is 49.6. The Hall–Kier alpha value is -5.06. The van der Waals surface area contributed by atoms with Crippen LogP contribution in [0.5, 0.6) is 11.5 Å². The van der Waals surface area contributed by atoms with E-state index in [0.29, 0.717) is 34.1 Å². The van der Waals surface area contributed by atoms with Gasteiger partial charge >= 0.3 is 12.0 Å². The van der Waals surface area contributed by atoms with Gasteiger partial charge in [0.25, 0.3) is 0 Å². The van der Waals surface area contributed by atoms with Gasteiger partial charge in [-0.05, 0) is 74.4 Å². The first-order valence-corrected chi connectivity index (χ1v) is 13.7. The van der Waals surface area contributed by atoms with Gasteiger partial charge in [0.1, 0.15) is 0 Å². The number of carbonyl (C=O) groups excluding carboxylic acids is 3. The molecule has 0 aliphatic heterocycles. The molecule has 0 radical (unpaired) electrons. The minimum absolute atomic E-state index is 0.0593. The lowest BCUT2D eigenvalue weighted by Gasteiger charge is -2.26. The SMILES string of the molecule is COc1ccc([C@H](CC(=O)O)NC(=O)CCC(=O)C(C)(C)Nc2ccc(NC(=O)Nc3ccccc3C)cc2)cc1OC. The van der Waals surface area contributed by atoms with E-state index in [9.17, 15) is 24.3 Å². The maximum Gasteiger partial charge on any atom is 0.323 e.